The van der Waals surface area contributed by atoms with Crippen LogP contribution in [0.25, 0.3) is 66.7 Å². The molecule has 8 rings (SSSR count). The zero-order valence-corrected chi connectivity index (χ0v) is 21.6. The predicted octanol–water partition coefficient (Wildman–Crippen LogP) is 8.85. The van der Waals surface area contributed by atoms with Gasteiger partial charge in [-0.05, 0) is 65.4 Å². The molecule has 2 aromatic heterocycles. The van der Waals surface area contributed by atoms with Crippen LogP contribution in [0.1, 0.15) is 0 Å². The molecule has 0 bridgehead atoms. The van der Waals surface area contributed by atoms with Gasteiger partial charge in [-0.25, -0.2) is 0 Å². The Kier molecular flexibility index (Phi) is 5.10. The van der Waals surface area contributed by atoms with Crippen LogP contribution < -0.4 is 0 Å². The van der Waals surface area contributed by atoms with Crippen LogP contribution in [0.2, 0.25) is 0 Å². The Bertz CT molecular complexity index is 2100. The molecule has 2 heterocycles. The average Bonchev–Trinajstić information content (AvgIpc) is 3.62. The molecule has 0 aliphatic heterocycles. The van der Waals surface area contributed by atoms with Crippen molar-refractivity contribution in [1.29, 1.82) is 0 Å². The van der Waals surface area contributed by atoms with Gasteiger partial charge in [0.05, 0.1) is 11.0 Å². The lowest BCUT2D eigenvalue weighted by Crippen LogP contribution is -2.00. The molecule has 0 N–H and O–H groups in total. The molecule has 0 spiro atoms. The van der Waals surface area contributed by atoms with Crippen molar-refractivity contribution in [2.45, 2.75) is 0 Å². The molecule has 0 aliphatic carbocycles. The molecule has 188 valence electrons. The fourth-order valence-electron chi connectivity index (χ4n) is 5.77. The summed E-state index contributed by atoms with van der Waals surface area (Å²) in [6.45, 7) is 0. The fraction of sp³-hybridized carbons (Fsp3) is 0. The number of rotatable bonds is 4. The van der Waals surface area contributed by atoms with Gasteiger partial charge >= 0.3 is 0 Å². The molecular formula is C36H24N4. The Balaban J connectivity index is 1.28. The van der Waals surface area contributed by atoms with E-state index in [1.54, 1.807) is 0 Å². The number of nitrogens with zero attached hydrogens (tertiary/aromatic N) is 4. The summed E-state index contributed by atoms with van der Waals surface area (Å²) in [5, 5.41) is 14.3. The molecule has 0 fully saturated rings. The highest BCUT2D eigenvalue weighted by Gasteiger charge is 2.18. The van der Waals surface area contributed by atoms with Crippen LogP contribution in [0, 0.1) is 0 Å². The van der Waals surface area contributed by atoms with Gasteiger partial charge < -0.3 is 4.57 Å². The summed E-state index contributed by atoms with van der Waals surface area (Å²) in [5.74, 6) is 1.63. The lowest BCUT2D eigenvalue weighted by molar-refractivity contribution is 1.07. The smallest absolute Gasteiger partial charge is 0.168 e. The second-order valence-electron chi connectivity index (χ2n) is 10.00. The Morgan fingerprint density at radius 2 is 0.900 bits per heavy atom. The molecule has 0 radical (unpaired) electrons. The molecule has 0 saturated heterocycles. The monoisotopic (exact) mass is 512 g/mol. The highest BCUT2D eigenvalue weighted by Crippen LogP contribution is 2.34. The quantitative estimate of drug-likeness (QED) is 0.236. The zero-order valence-electron chi connectivity index (χ0n) is 21.6. The Morgan fingerprint density at radius 1 is 0.375 bits per heavy atom. The largest absolute Gasteiger partial charge is 0.309 e. The van der Waals surface area contributed by atoms with E-state index < -0.39 is 0 Å². The average molecular weight is 513 g/mol. The van der Waals surface area contributed by atoms with Gasteiger partial charge in [-0.2, -0.15) is 0 Å². The van der Waals surface area contributed by atoms with Crippen molar-refractivity contribution in [1.82, 2.24) is 19.3 Å². The van der Waals surface area contributed by atoms with E-state index in [0.29, 0.717) is 0 Å². The van der Waals surface area contributed by atoms with Crippen molar-refractivity contribution in [2.24, 2.45) is 0 Å². The first-order valence-corrected chi connectivity index (χ1v) is 13.4. The van der Waals surface area contributed by atoms with Crippen LogP contribution in [-0.2, 0) is 0 Å². The summed E-state index contributed by atoms with van der Waals surface area (Å²) >= 11 is 0. The zero-order chi connectivity index (χ0) is 26.5. The summed E-state index contributed by atoms with van der Waals surface area (Å²) in [6.07, 6.45) is 0. The van der Waals surface area contributed by atoms with Crippen LogP contribution in [0.3, 0.4) is 0 Å². The summed E-state index contributed by atoms with van der Waals surface area (Å²) in [6, 6.07) is 51.0. The highest BCUT2D eigenvalue weighted by atomic mass is 15.3. The Labute approximate surface area is 231 Å². The van der Waals surface area contributed by atoms with E-state index in [0.717, 1.165) is 34.2 Å². The van der Waals surface area contributed by atoms with Crippen LogP contribution in [0.4, 0.5) is 0 Å². The maximum Gasteiger partial charge on any atom is 0.168 e. The maximum atomic E-state index is 4.72. The van der Waals surface area contributed by atoms with E-state index in [2.05, 4.69) is 149 Å². The molecule has 8 aromatic rings. The first-order chi connectivity index (χ1) is 19.8. The summed E-state index contributed by atoms with van der Waals surface area (Å²) in [5.41, 5.74) is 6.57. The van der Waals surface area contributed by atoms with Crippen molar-refractivity contribution in [3.63, 3.8) is 0 Å². The van der Waals surface area contributed by atoms with Crippen LogP contribution in [-0.4, -0.2) is 19.3 Å². The van der Waals surface area contributed by atoms with Crippen molar-refractivity contribution in [3.8, 4) is 34.2 Å². The van der Waals surface area contributed by atoms with Crippen molar-refractivity contribution in [2.75, 3.05) is 0 Å². The standard InChI is InChI=1S/C36H24N4/c1-2-12-29(13-3-1)40-35(37-38-36(40)28-19-18-25-10-4-5-11-27(25)24-28)26-20-22-30(23-21-26)39-33-16-8-6-14-31(33)32-15-7-9-17-34(32)39/h1-24H. The van der Waals surface area contributed by atoms with E-state index >= 15 is 0 Å². The van der Waals surface area contributed by atoms with Gasteiger partial charge in [0.2, 0.25) is 0 Å². The minimum absolute atomic E-state index is 0.808. The fourth-order valence-corrected chi connectivity index (χ4v) is 5.77. The molecule has 0 amide bonds. The number of benzene rings is 6. The molecule has 0 unspecified atom stereocenters. The van der Waals surface area contributed by atoms with Crippen molar-refractivity contribution in [3.05, 3.63) is 146 Å². The minimum Gasteiger partial charge on any atom is -0.309 e. The van der Waals surface area contributed by atoms with Crippen molar-refractivity contribution < 1.29 is 0 Å². The summed E-state index contributed by atoms with van der Waals surface area (Å²) in [7, 11) is 0. The number of fused-ring (bicyclic) bond motifs is 4. The molecule has 4 heteroatoms. The van der Waals surface area contributed by atoms with Gasteiger partial charge in [0.25, 0.3) is 0 Å². The van der Waals surface area contributed by atoms with Crippen LogP contribution in [0.5, 0.6) is 0 Å². The van der Waals surface area contributed by atoms with E-state index in [4.69, 9.17) is 10.2 Å². The van der Waals surface area contributed by atoms with Gasteiger partial charge in [0.15, 0.2) is 11.6 Å². The minimum atomic E-state index is 0.808. The topological polar surface area (TPSA) is 35.6 Å². The molecule has 4 nitrogen and oxygen atoms in total. The third-order valence-electron chi connectivity index (χ3n) is 7.65. The molecule has 0 atom stereocenters. The lowest BCUT2D eigenvalue weighted by atomic mass is 10.1. The van der Waals surface area contributed by atoms with E-state index in [1.165, 1.54) is 32.6 Å². The van der Waals surface area contributed by atoms with Gasteiger partial charge in [0, 0.05) is 33.3 Å². The summed E-state index contributed by atoms with van der Waals surface area (Å²) in [4.78, 5) is 0. The lowest BCUT2D eigenvalue weighted by Gasteiger charge is -2.12. The Hall–Kier alpha value is -5.48. The highest BCUT2D eigenvalue weighted by molar-refractivity contribution is 6.09. The third kappa shape index (κ3) is 3.54. The van der Waals surface area contributed by atoms with Gasteiger partial charge in [-0.3, -0.25) is 4.57 Å². The first kappa shape index (κ1) is 22.5. The molecular weight excluding hydrogens is 488 g/mol. The van der Waals surface area contributed by atoms with E-state index in [1.807, 2.05) is 6.07 Å². The Morgan fingerprint density at radius 3 is 1.60 bits per heavy atom. The van der Waals surface area contributed by atoms with Crippen molar-refractivity contribution >= 4 is 32.6 Å². The van der Waals surface area contributed by atoms with Crippen LogP contribution in [0.15, 0.2) is 146 Å². The molecule has 0 saturated carbocycles. The third-order valence-corrected chi connectivity index (χ3v) is 7.65. The van der Waals surface area contributed by atoms with Crippen LogP contribution >= 0.6 is 0 Å². The maximum absolute atomic E-state index is 4.72. The first-order valence-electron chi connectivity index (χ1n) is 13.4. The number of para-hydroxylation sites is 3. The number of hydrogen-bond acceptors (Lipinski definition) is 2. The molecule has 6 aromatic carbocycles. The second-order valence-corrected chi connectivity index (χ2v) is 10.00. The molecule has 40 heavy (non-hydrogen) atoms. The van der Waals surface area contributed by atoms with Gasteiger partial charge in [-0.1, -0.05) is 91.0 Å². The van der Waals surface area contributed by atoms with E-state index in [9.17, 15) is 0 Å². The van der Waals surface area contributed by atoms with E-state index in [-0.39, 0.29) is 0 Å². The molecule has 0 aliphatic rings. The number of hydrogen-bond donors (Lipinski definition) is 0. The number of aromatic nitrogens is 4. The second kappa shape index (κ2) is 9.07. The van der Waals surface area contributed by atoms with Gasteiger partial charge in [-0.15, -0.1) is 10.2 Å². The SMILES string of the molecule is c1ccc(-n2c(-c3ccc(-n4c5ccccc5c5ccccc54)cc3)nnc2-c2ccc3ccccc3c2)cc1. The predicted molar refractivity (Wildman–Crippen MR) is 164 cm³/mol. The van der Waals surface area contributed by atoms with Gasteiger partial charge in [0.1, 0.15) is 0 Å². The summed E-state index contributed by atoms with van der Waals surface area (Å²) < 4.78 is 4.48. The normalized spacial score (nSPS) is 11.5.